The highest BCUT2D eigenvalue weighted by molar-refractivity contribution is 5.81. The van der Waals surface area contributed by atoms with E-state index in [9.17, 15) is 4.79 Å². The van der Waals surface area contributed by atoms with E-state index in [0.717, 1.165) is 32.2 Å². The van der Waals surface area contributed by atoms with Crippen molar-refractivity contribution in [3.05, 3.63) is 0 Å². The molecule has 0 heterocycles. The maximum atomic E-state index is 11.7. The third-order valence-electron chi connectivity index (χ3n) is 4.07. The summed E-state index contributed by atoms with van der Waals surface area (Å²) in [4.78, 5) is 14.1. The Morgan fingerprint density at radius 2 is 2.07 bits per heavy atom. The highest BCUT2D eigenvalue weighted by Gasteiger charge is 2.28. The second kappa shape index (κ2) is 5.11. The lowest BCUT2D eigenvalue weighted by Crippen LogP contribution is -2.44. The van der Waals surface area contributed by atoms with Crippen LogP contribution in [0.5, 0.6) is 0 Å². The SMILES string of the molecule is CCC(C)(C)N(C)CC1CCCCC1=O. The van der Waals surface area contributed by atoms with Gasteiger partial charge in [0, 0.05) is 24.4 Å². The summed E-state index contributed by atoms with van der Waals surface area (Å²) in [6.45, 7) is 7.65. The van der Waals surface area contributed by atoms with Crippen LogP contribution in [0.2, 0.25) is 0 Å². The van der Waals surface area contributed by atoms with E-state index >= 15 is 0 Å². The second-order valence-electron chi connectivity index (χ2n) is 5.46. The molecule has 0 saturated heterocycles. The van der Waals surface area contributed by atoms with Crippen LogP contribution in [0.3, 0.4) is 0 Å². The number of Topliss-reactive ketones (excluding diaryl/α,β-unsaturated/α-hetero) is 1. The molecule has 0 aromatic carbocycles. The fourth-order valence-electron chi connectivity index (χ4n) is 2.10. The van der Waals surface area contributed by atoms with Gasteiger partial charge in [-0.2, -0.15) is 0 Å². The zero-order valence-electron chi connectivity index (χ0n) is 10.7. The van der Waals surface area contributed by atoms with E-state index in [1.165, 1.54) is 6.42 Å². The molecule has 1 atom stereocenters. The summed E-state index contributed by atoms with van der Waals surface area (Å²) in [6, 6.07) is 0. The van der Waals surface area contributed by atoms with Crippen molar-refractivity contribution in [2.75, 3.05) is 13.6 Å². The van der Waals surface area contributed by atoms with Crippen LogP contribution in [0.1, 0.15) is 52.9 Å². The first-order valence-electron chi connectivity index (χ1n) is 6.21. The van der Waals surface area contributed by atoms with Gasteiger partial charge in [0.25, 0.3) is 0 Å². The predicted molar refractivity (Wildman–Crippen MR) is 64.0 cm³/mol. The zero-order chi connectivity index (χ0) is 11.5. The molecule has 1 saturated carbocycles. The van der Waals surface area contributed by atoms with Crippen LogP contribution < -0.4 is 0 Å². The fraction of sp³-hybridized carbons (Fsp3) is 0.923. The summed E-state index contributed by atoms with van der Waals surface area (Å²) in [7, 11) is 2.14. The van der Waals surface area contributed by atoms with Gasteiger partial charge in [0.2, 0.25) is 0 Å². The van der Waals surface area contributed by atoms with Crippen LogP contribution in [0, 0.1) is 5.92 Å². The van der Waals surface area contributed by atoms with Gasteiger partial charge in [0.1, 0.15) is 5.78 Å². The van der Waals surface area contributed by atoms with Crippen molar-refractivity contribution >= 4 is 5.78 Å². The van der Waals surface area contributed by atoms with Crippen molar-refractivity contribution in [1.29, 1.82) is 0 Å². The van der Waals surface area contributed by atoms with Crippen LogP contribution in [0.4, 0.5) is 0 Å². The molecule has 1 rings (SSSR count). The van der Waals surface area contributed by atoms with Gasteiger partial charge in [-0.3, -0.25) is 4.79 Å². The Balaban J connectivity index is 2.49. The molecule has 0 aromatic heterocycles. The molecule has 0 amide bonds. The van der Waals surface area contributed by atoms with Gasteiger partial charge in [-0.05, 0) is 40.2 Å². The maximum absolute atomic E-state index is 11.7. The van der Waals surface area contributed by atoms with E-state index in [4.69, 9.17) is 0 Å². The molecule has 0 radical (unpaired) electrons. The van der Waals surface area contributed by atoms with Crippen LogP contribution in [0.15, 0.2) is 0 Å². The summed E-state index contributed by atoms with van der Waals surface area (Å²) < 4.78 is 0. The van der Waals surface area contributed by atoms with E-state index in [-0.39, 0.29) is 5.54 Å². The van der Waals surface area contributed by atoms with Crippen molar-refractivity contribution in [1.82, 2.24) is 4.90 Å². The van der Waals surface area contributed by atoms with Gasteiger partial charge >= 0.3 is 0 Å². The molecular weight excluding hydrogens is 186 g/mol. The molecule has 1 fully saturated rings. The summed E-state index contributed by atoms with van der Waals surface area (Å²) in [6.07, 6.45) is 5.38. The van der Waals surface area contributed by atoms with Crippen molar-refractivity contribution in [2.45, 2.75) is 58.4 Å². The summed E-state index contributed by atoms with van der Waals surface area (Å²) in [5.74, 6) is 0.787. The molecule has 2 nitrogen and oxygen atoms in total. The number of ketones is 1. The number of carbonyl (C=O) groups excluding carboxylic acids is 1. The first-order chi connectivity index (χ1) is 6.97. The van der Waals surface area contributed by atoms with Gasteiger partial charge in [-0.25, -0.2) is 0 Å². The van der Waals surface area contributed by atoms with E-state index in [1.807, 2.05) is 0 Å². The van der Waals surface area contributed by atoms with Gasteiger partial charge < -0.3 is 4.90 Å². The van der Waals surface area contributed by atoms with E-state index in [0.29, 0.717) is 11.7 Å². The first-order valence-corrected chi connectivity index (χ1v) is 6.21. The van der Waals surface area contributed by atoms with Crippen molar-refractivity contribution in [2.24, 2.45) is 5.92 Å². The lowest BCUT2D eigenvalue weighted by Gasteiger charge is -2.37. The number of nitrogens with zero attached hydrogens (tertiary/aromatic N) is 1. The number of hydrogen-bond donors (Lipinski definition) is 0. The summed E-state index contributed by atoms with van der Waals surface area (Å²) in [5, 5.41) is 0. The Morgan fingerprint density at radius 1 is 1.40 bits per heavy atom. The fourth-order valence-corrected chi connectivity index (χ4v) is 2.10. The molecular formula is C13H25NO. The molecule has 2 heteroatoms. The molecule has 0 aliphatic heterocycles. The average Bonchev–Trinajstić information content (AvgIpc) is 2.21. The standard InChI is InChI=1S/C13H25NO/c1-5-13(2,3)14(4)10-11-8-6-7-9-12(11)15/h11H,5-10H2,1-4H3. The lowest BCUT2D eigenvalue weighted by atomic mass is 9.86. The van der Waals surface area contributed by atoms with Crippen molar-refractivity contribution in [3.8, 4) is 0 Å². The minimum Gasteiger partial charge on any atom is -0.301 e. The van der Waals surface area contributed by atoms with Gasteiger partial charge in [0.05, 0.1) is 0 Å². The monoisotopic (exact) mass is 211 g/mol. The third-order valence-corrected chi connectivity index (χ3v) is 4.07. The summed E-state index contributed by atoms with van der Waals surface area (Å²) >= 11 is 0. The Hall–Kier alpha value is -0.370. The third kappa shape index (κ3) is 3.30. The Morgan fingerprint density at radius 3 is 2.60 bits per heavy atom. The molecule has 0 bridgehead atoms. The highest BCUT2D eigenvalue weighted by atomic mass is 16.1. The van der Waals surface area contributed by atoms with E-state index < -0.39 is 0 Å². The minimum absolute atomic E-state index is 0.220. The quantitative estimate of drug-likeness (QED) is 0.712. The Kier molecular flexibility index (Phi) is 4.32. The molecule has 0 N–H and O–H groups in total. The smallest absolute Gasteiger partial charge is 0.137 e. The first kappa shape index (κ1) is 12.7. The second-order valence-corrected chi connectivity index (χ2v) is 5.46. The van der Waals surface area contributed by atoms with Crippen LogP contribution in [-0.2, 0) is 4.79 Å². The largest absolute Gasteiger partial charge is 0.301 e. The highest BCUT2D eigenvalue weighted by Crippen LogP contribution is 2.24. The van der Waals surface area contributed by atoms with E-state index in [1.54, 1.807) is 0 Å². The topological polar surface area (TPSA) is 20.3 Å². The van der Waals surface area contributed by atoms with Crippen molar-refractivity contribution < 1.29 is 4.79 Å². The maximum Gasteiger partial charge on any atom is 0.137 e. The molecule has 0 spiro atoms. The van der Waals surface area contributed by atoms with Gasteiger partial charge in [0.15, 0.2) is 0 Å². The molecule has 0 aromatic rings. The van der Waals surface area contributed by atoms with Gasteiger partial charge in [-0.15, -0.1) is 0 Å². The zero-order valence-corrected chi connectivity index (χ0v) is 10.7. The molecule has 1 aliphatic carbocycles. The molecule has 15 heavy (non-hydrogen) atoms. The lowest BCUT2D eigenvalue weighted by molar-refractivity contribution is -0.125. The molecule has 88 valence electrons. The molecule has 1 unspecified atom stereocenters. The normalized spacial score (nSPS) is 23.5. The van der Waals surface area contributed by atoms with Crippen molar-refractivity contribution in [3.63, 3.8) is 0 Å². The Labute approximate surface area is 94.0 Å². The van der Waals surface area contributed by atoms with Gasteiger partial charge in [-0.1, -0.05) is 13.3 Å². The van der Waals surface area contributed by atoms with E-state index in [2.05, 4.69) is 32.7 Å². The number of hydrogen-bond acceptors (Lipinski definition) is 2. The molecule has 1 aliphatic rings. The number of rotatable bonds is 4. The van der Waals surface area contributed by atoms with Crippen LogP contribution >= 0.6 is 0 Å². The van der Waals surface area contributed by atoms with Crippen LogP contribution in [0.25, 0.3) is 0 Å². The summed E-state index contributed by atoms with van der Waals surface area (Å²) in [5.41, 5.74) is 0.220. The number of carbonyl (C=O) groups is 1. The average molecular weight is 211 g/mol. The minimum atomic E-state index is 0.220. The Bertz CT molecular complexity index is 223. The predicted octanol–water partition coefficient (Wildman–Crippen LogP) is 2.87. The van der Waals surface area contributed by atoms with Crippen LogP contribution in [-0.4, -0.2) is 29.8 Å².